The Bertz CT molecular complexity index is 890. The molecule has 134 valence electrons. The van der Waals surface area contributed by atoms with Gasteiger partial charge in [-0.15, -0.1) is 0 Å². The third-order valence-corrected chi connectivity index (χ3v) is 5.48. The van der Waals surface area contributed by atoms with Crippen molar-refractivity contribution in [3.63, 3.8) is 0 Å². The van der Waals surface area contributed by atoms with Crippen molar-refractivity contribution in [1.29, 1.82) is 0 Å². The number of nitrogens with zero attached hydrogens (tertiary/aromatic N) is 1. The van der Waals surface area contributed by atoms with Crippen molar-refractivity contribution in [3.05, 3.63) is 65.9 Å². The molecule has 2 aromatic carbocycles. The smallest absolute Gasteiger partial charge is 0.166 e. The fraction of sp³-hybridized carbons (Fsp3) is 0.318. The van der Waals surface area contributed by atoms with Gasteiger partial charge in [0.05, 0.1) is 0 Å². The summed E-state index contributed by atoms with van der Waals surface area (Å²) in [5, 5.41) is 10.7. The monoisotopic (exact) mass is 348 g/mol. The summed E-state index contributed by atoms with van der Waals surface area (Å²) in [4.78, 5) is 18.4. The molecular formula is C22H24N2O2. The number of likely N-dealkylation sites (tertiary alicyclic amines) is 1. The number of rotatable bonds is 5. The van der Waals surface area contributed by atoms with Crippen LogP contribution in [0.4, 0.5) is 0 Å². The number of Topliss-reactive ketones (excluding diaryl/α,β-unsaturated/α-hetero) is 1. The Balaban J connectivity index is 1.31. The Hall–Kier alpha value is -2.59. The summed E-state index contributed by atoms with van der Waals surface area (Å²) < 4.78 is 0. The van der Waals surface area contributed by atoms with Gasteiger partial charge in [-0.1, -0.05) is 18.2 Å². The Morgan fingerprint density at radius 3 is 2.58 bits per heavy atom. The van der Waals surface area contributed by atoms with Crippen LogP contribution in [0.25, 0.3) is 10.9 Å². The minimum atomic E-state index is 0.101. The predicted octanol–water partition coefficient (Wildman–Crippen LogP) is 4.01. The van der Waals surface area contributed by atoms with Gasteiger partial charge in [-0.2, -0.15) is 0 Å². The lowest BCUT2D eigenvalue weighted by atomic mass is 9.89. The van der Waals surface area contributed by atoms with Crippen LogP contribution in [0, 0.1) is 5.92 Å². The van der Waals surface area contributed by atoms with Gasteiger partial charge in [0.25, 0.3) is 0 Å². The number of aromatic amines is 1. The Morgan fingerprint density at radius 2 is 1.81 bits per heavy atom. The van der Waals surface area contributed by atoms with E-state index in [-0.39, 0.29) is 17.5 Å². The quantitative estimate of drug-likeness (QED) is 0.685. The lowest BCUT2D eigenvalue weighted by Crippen LogP contribution is -2.37. The van der Waals surface area contributed by atoms with E-state index in [0.29, 0.717) is 5.56 Å². The Kier molecular flexibility index (Phi) is 4.76. The van der Waals surface area contributed by atoms with Crippen LogP contribution in [0.2, 0.25) is 0 Å². The SMILES string of the molecule is O=C(c1ccc(O)cc1)C1CCN(CCc2c[nH]c3ccccc23)CC1. The first kappa shape index (κ1) is 16.9. The van der Waals surface area contributed by atoms with Crippen LogP contribution in [0.15, 0.2) is 54.7 Å². The number of para-hydroxylation sites is 1. The van der Waals surface area contributed by atoms with Crippen molar-refractivity contribution in [2.45, 2.75) is 19.3 Å². The zero-order valence-corrected chi connectivity index (χ0v) is 14.8. The number of aromatic nitrogens is 1. The van der Waals surface area contributed by atoms with Crippen LogP contribution in [-0.4, -0.2) is 40.4 Å². The van der Waals surface area contributed by atoms with Crippen LogP contribution in [0.3, 0.4) is 0 Å². The van der Waals surface area contributed by atoms with Crippen molar-refractivity contribution in [3.8, 4) is 5.75 Å². The molecule has 1 fully saturated rings. The average Bonchev–Trinajstić information content (AvgIpc) is 3.10. The summed E-state index contributed by atoms with van der Waals surface area (Å²) in [5.74, 6) is 0.513. The van der Waals surface area contributed by atoms with Crippen molar-refractivity contribution in [2.75, 3.05) is 19.6 Å². The van der Waals surface area contributed by atoms with Gasteiger partial charge in [-0.05, 0) is 68.2 Å². The molecule has 4 nitrogen and oxygen atoms in total. The molecule has 1 saturated heterocycles. The molecular weight excluding hydrogens is 324 g/mol. The maximum atomic E-state index is 12.6. The van der Waals surface area contributed by atoms with Gasteiger partial charge >= 0.3 is 0 Å². The molecule has 1 aromatic heterocycles. The van der Waals surface area contributed by atoms with Gasteiger partial charge in [0, 0.05) is 35.1 Å². The highest BCUT2D eigenvalue weighted by atomic mass is 16.3. The van der Waals surface area contributed by atoms with E-state index in [4.69, 9.17) is 0 Å². The number of hydrogen-bond donors (Lipinski definition) is 2. The van der Waals surface area contributed by atoms with Gasteiger partial charge in [0.2, 0.25) is 0 Å². The number of H-pyrrole nitrogens is 1. The molecule has 1 aliphatic heterocycles. The molecule has 0 saturated carbocycles. The minimum Gasteiger partial charge on any atom is -0.508 e. The fourth-order valence-corrected chi connectivity index (χ4v) is 3.90. The van der Waals surface area contributed by atoms with E-state index in [0.717, 1.165) is 38.9 Å². The molecule has 0 radical (unpaired) electrons. The van der Waals surface area contributed by atoms with Crippen molar-refractivity contribution >= 4 is 16.7 Å². The lowest BCUT2D eigenvalue weighted by Gasteiger charge is -2.31. The second-order valence-electron chi connectivity index (χ2n) is 7.14. The average molecular weight is 348 g/mol. The number of phenols is 1. The number of hydrogen-bond acceptors (Lipinski definition) is 3. The highest BCUT2D eigenvalue weighted by Gasteiger charge is 2.25. The molecule has 0 atom stereocenters. The van der Waals surface area contributed by atoms with Crippen molar-refractivity contribution in [1.82, 2.24) is 9.88 Å². The number of fused-ring (bicyclic) bond motifs is 1. The van der Waals surface area contributed by atoms with E-state index in [1.807, 2.05) is 0 Å². The molecule has 1 aliphatic rings. The predicted molar refractivity (Wildman–Crippen MR) is 104 cm³/mol. The first-order valence-electron chi connectivity index (χ1n) is 9.31. The molecule has 3 aromatic rings. The van der Waals surface area contributed by atoms with E-state index >= 15 is 0 Å². The minimum absolute atomic E-state index is 0.101. The first-order valence-corrected chi connectivity index (χ1v) is 9.31. The third kappa shape index (κ3) is 3.51. The number of carbonyl (C=O) groups is 1. The topological polar surface area (TPSA) is 56.3 Å². The molecule has 4 heteroatoms. The summed E-state index contributed by atoms with van der Waals surface area (Å²) in [5.41, 5.74) is 3.27. The van der Waals surface area contributed by atoms with Crippen LogP contribution < -0.4 is 0 Å². The Morgan fingerprint density at radius 1 is 1.08 bits per heavy atom. The summed E-state index contributed by atoms with van der Waals surface area (Å²) >= 11 is 0. The van der Waals surface area contributed by atoms with E-state index < -0.39 is 0 Å². The number of aromatic hydroxyl groups is 1. The van der Waals surface area contributed by atoms with Gasteiger partial charge in [-0.3, -0.25) is 4.79 Å². The number of nitrogens with one attached hydrogen (secondary N) is 1. The molecule has 26 heavy (non-hydrogen) atoms. The fourth-order valence-electron chi connectivity index (χ4n) is 3.90. The highest BCUT2D eigenvalue weighted by molar-refractivity contribution is 5.98. The van der Waals surface area contributed by atoms with Crippen LogP contribution in [-0.2, 0) is 6.42 Å². The maximum Gasteiger partial charge on any atom is 0.166 e. The van der Waals surface area contributed by atoms with Crippen LogP contribution >= 0.6 is 0 Å². The molecule has 0 amide bonds. The van der Waals surface area contributed by atoms with Crippen LogP contribution in [0.1, 0.15) is 28.8 Å². The molecule has 0 unspecified atom stereocenters. The molecule has 4 rings (SSSR count). The van der Waals surface area contributed by atoms with Gasteiger partial charge in [0.15, 0.2) is 5.78 Å². The second-order valence-corrected chi connectivity index (χ2v) is 7.14. The standard InChI is InChI=1S/C22H24N2O2/c25-19-7-5-16(6-8-19)22(26)17-9-12-24(13-10-17)14-11-18-15-23-21-4-2-1-3-20(18)21/h1-8,15,17,23,25H,9-14H2. The molecule has 0 aliphatic carbocycles. The van der Waals surface area contributed by atoms with E-state index in [1.54, 1.807) is 24.3 Å². The number of ketones is 1. The number of piperidine rings is 1. The molecule has 0 spiro atoms. The molecule has 2 heterocycles. The van der Waals surface area contributed by atoms with E-state index in [9.17, 15) is 9.90 Å². The number of benzene rings is 2. The van der Waals surface area contributed by atoms with Crippen LogP contribution in [0.5, 0.6) is 5.75 Å². The largest absolute Gasteiger partial charge is 0.508 e. The summed E-state index contributed by atoms with van der Waals surface area (Å²) in [7, 11) is 0. The first-order chi connectivity index (χ1) is 12.7. The maximum absolute atomic E-state index is 12.6. The van der Waals surface area contributed by atoms with Crippen molar-refractivity contribution < 1.29 is 9.90 Å². The summed E-state index contributed by atoms with van der Waals surface area (Å²) in [6.07, 6.45) is 4.97. The van der Waals surface area contributed by atoms with E-state index in [2.05, 4.69) is 40.3 Å². The third-order valence-electron chi connectivity index (χ3n) is 5.48. The van der Waals surface area contributed by atoms with E-state index in [1.165, 1.54) is 16.5 Å². The normalized spacial score (nSPS) is 16.2. The molecule has 2 N–H and O–H groups in total. The van der Waals surface area contributed by atoms with Gasteiger partial charge < -0.3 is 15.0 Å². The summed E-state index contributed by atoms with van der Waals surface area (Å²) in [6, 6.07) is 15.0. The lowest BCUT2D eigenvalue weighted by molar-refractivity contribution is 0.0841. The second kappa shape index (κ2) is 7.34. The molecule has 0 bridgehead atoms. The Labute approximate surface area is 153 Å². The number of phenolic OH excluding ortho intramolecular Hbond substituents is 1. The number of carbonyl (C=O) groups excluding carboxylic acids is 1. The van der Waals surface area contributed by atoms with Gasteiger partial charge in [0.1, 0.15) is 5.75 Å². The van der Waals surface area contributed by atoms with Crippen molar-refractivity contribution in [2.24, 2.45) is 5.92 Å². The zero-order chi connectivity index (χ0) is 17.9. The highest BCUT2D eigenvalue weighted by Crippen LogP contribution is 2.24. The summed E-state index contributed by atoms with van der Waals surface area (Å²) in [6.45, 7) is 2.97. The van der Waals surface area contributed by atoms with Gasteiger partial charge in [-0.25, -0.2) is 0 Å². The zero-order valence-electron chi connectivity index (χ0n) is 14.8.